The van der Waals surface area contributed by atoms with Crippen molar-refractivity contribution in [3.05, 3.63) is 53.0 Å². The van der Waals surface area contributed by atoms with Gasteiger partial charge in [0.2, 0.25) is 15.9 Å². The number of hydrogen-bond acceptors (Lipinski definition) is 6. The van der Waals surface area contributed by atoms with Gasteiger partial charge in [0.1, 0.15) is 0 Å². The van der Waals surface area contributed by atoms with Gasteiger partial charge >= 0.3 is 0 Å². The number of carbonyl (C=O) groups is 2. The summed E-state index contributed by atoms with van der Waals surface area (Å²) in [6.07, 6.45) is 0. The number of anilines is 1. The maximum Gasteiger partial charge on any atom is 0.253 e. The molecule has 0 aliphatic carbocycles. The van der Waals surface area contributed by atoms with Crippen molar-refractivity contribution in [1.29, 1.82) is 0 Å². The molecule has 2 amide bonds. The molecule has 1 aliphatic rings. The van der Waals surface area contributed by atoms with Gasteiger partial charge in [0, 0.05) is 44.4 Å². The Balaban J connectivity index is 1.43. The summed E-state index contributed by atoms with van der Waals surface area (Å²) in [6.45, 7) is 4.41. The van der Waals surface area contributed by atoms with Crippen LogP contribution in [0.3, 0.4) is 0 Å². The molecule has 1 saturated heterocycles. The quantitative estimate of drug-likeness (QED) is 0.648. The van der Waals surface area contributed by atoms with Crippen molar-refractivity contribution in [2.24, 2.45) is 0 Å². The Morgan fingerprint density at radius 3 is 2.35 bits per heavy atom. The van der Waals surface area contributed by atoms with Gasteiger partial charge in [-0.2, -0.15) is 4.31 Å². The van der Waals surface area contributed by atoms with Gasteiger partial charge in [-0.3, -0.25) is 9.59 Å². The smallest absolute Gasteiger partial charge is 0.253 e. The lowest BCUT2D eigenvalue weighted by Crippen LogP contribution is -2.50. The molecule has 0 bridgehead atoms. The Hall–Kier alpha value is -2.82. The molecule has 2 aromatic carbocycles. The van der Waals surface area contributed by atoms with Crippen molar-refractivity contribution in [3.8, 4) is 0 Å². The Labute approximate surface area is 184 Å². The van der Waals surface area contributed by atoms with E-state index < -0.39 is 10.0 Å². The molecule has 0 radical (unpaired) electrons. The van der Waals surface area contributed by atoms with Crippen LogP contribution in [0.1, 0.15) is 22.3 Å². The number of carbonyl (C=O) groups excluding carboxylic acids is 2. The summed E-state index contributed by atoms with van der Waals surface area (Å²) in [7, 11) is -3.67. The van der Waals surface area contributed by atoms with Crippen LogP contribution in [0.2, 0.25) is 0 Å². The van der Waals surface area contributed by atoms with Crippen molar-refractivity contribution >= 4 is 49.1 Å². The van der Waals surface area contributed by atoms with E-state index in [2.05, 4.69) is 10.3 Å². The molecule has 10 heteroatoms. The van der Waals surface area contributed by atoms with E-state index in [-0.39, 0.29) is 29.8 Å². The van der Waals surface area contributed by atoms with Crippen LogP contribution in [-0.2, 0) is 14.8 Å². The van der Waals surface area contributed by atoms with Crippen LogP contribution >= 0.6 is 11.3 Å². The van der Waals surface area contributed by atoms with Gasteiger partial charge < -0.3 is 10.2 Å². The van der Waals surface area contributed by atoms with Crippen LogP contribution in [0, 0.1) is 6.92 Å². The number of benzene rings is 2. The molecule has 1 aromatic heterocycles. The fourth-order valence-electron chi connectivity index (χ4n) is 3.55. The monoisotopic (exact) mass is 458 g/mol. The molecule has 3 aromatic rings. The van der Waals surface area contributed by atoms with Gasteiger partial charge in [-0.1, -0.05) is 0 Å². The first-order valence-corrected chi connectivity index (χ1v) is 12.0. The van der Waals surface area contributed by atoms with E-state index >= 15 is 0 Å². The van der Waals surface area contributed by atoms with E-state index in [1.165, 1.54) is 23.4 Å². The minimum absolute atomic E-state index is 0.107. The summed E-state index contributed by atoms with van der Waals surface area (Å²) >= 11 is 1.54. The third-order valence-electron chi connectivity index (χ3n) is 5.08. The van der Waals surface area contributed by atoms with E-state index in [1.807, 2.05) is 19.1 Å². The van der Waals surface area contributed by atoms with Crippen LogP contribution in [0.25, 0.3) is 10.2 Å². The van der Waals surface area contributed by atoms with Crippen molar-refractivity contribution in [1.82, 2.24) is 14.2 Å². The first-order chi connectivity index (χ1) is 14.7. The minimum Gasteiger partial charge on any atom is -0.336 e. The molecule has 0 unspecified atom stereocenters. The van der Waals surface area contributed by atoms with Crippen molar-refractivity contribution in [3.63, 3.8) is 0 Å². The number of hydrogen-bond donors (Lipinski definition) is 1. The van der Waals surface area contributed by atoms with Crippen LogP contribution < -0.4 is 5.32 Å². The second kappa shape index (κ2) is 8.37. The summed E-state index contributed by atoms with van der Waals surface area (Å²) in [5.41, 5.74) is 2.00. The highest BCUT2D eigenvalue weighted by Crippen LogP contribution is 2.24. The topological polar surface area (TPSA) is 99.7 Å². The lowest BCUT2D eigenvalue weighted by atomic mass is 10.2. The number of fused-ring (bicyclic) bond motifs is 1. The maximum atomic E-state index is 12.9. The summed E-state index contributed by atoms with van der Waals surface area (Å²) < 4.78 is 28.2. The van der Waals surface area contributed by atoms with Gasteiger partial charge in [0.15, 0.2) is 0 Å². The first-order valence-electron chi connectivity index (χ1n) is 9.78. The summed E-state index contributed by atoms with van der Waals surface area (Å²) in [6, 6.07) is 11.5. The maximum absolute atomic E-state index is 12.9. The lowest BCUT2D eigenvalue weighted by molar-refractivity contribution is -0.114. The molecule has 0 spiro atoms. The third kappa shape index (κ3) is 4.46. The number of aryl methyl sites for hydroxylation is 1. The average molecular weight is 459 g/mol. The molecular weight excluding hydrogens is 436 g/mol. The largest absolute Gasteiger partial charge is 0.336 e. The van der Waals surface area contributed by atoms with Gasteiger partial charge in [-0.25, -0.2) is 13.4 Å². The third-order valence-corrected chi connectivity index (χ3v) is 7.93. The normalized spacial score (nSPS) is 15.2. The summed E-state index contributed by atoms with van der Waals surface area (Å²) in [4.78, 5) is 30.3. The molecule has 0 atom stereocenters. The fourth-order valence-corrected chi connectivity index (χ4v) is 5.84. The Kier molecular flexibility index (Phi) is 5.78. The predicted octanol–water partition coefficient (Wildman–Crippen LogP) is 2.71. The van der Waals surface area contributed by atoms with Crippen LogP contribution in [0.4, 0.5) is 5.69 Å². The second-order valence-corrected chi connectivity index (χ2v) is 10.5. The number of thiazole rings is 1. The standard InChI is InChI=1S/C21H22N4O4S2/c1-14(26)22-17-4-6-18(7-5-17)31(28,29)25-11-9-24(10-12-25)21(27)16-3-8-19-20(13-16)30-15(2)23-19/h3-8,13H,9-12H2,1-2H3,(H,22,26). The van der Waals surface area contributed by atoms with E-state index in [0.29, 0.717) is 24.3 Å². The predicted molar refractivity (Wildman–Crippen MR) is 120 cm³/mol. The molecule has 4 rings (SSSR count). The second-order valence-electron chi connectivity index (χ2n) is 7.32. The molecule has 0 saturated carbocycles. The number of rotatable bonds is 4. The molecular formula is C21H22N4O4S2. The molecule has 31 heavy (non-hydrogen) atoms. The van der Waals surface area contributed by atoms with Gasteiger partial charge in [-0.15, -0.1) is 11.3 Å². The van der Waals surface area contributed by atoms with Crippen LogP contribution in [0.15, 0.2) is 47.4 Å². The highest BCUT2D eigenvalue weighted by atomic mass is 32.2. The molecule has 8 nitrogen and oxygen atoms in total. The molecule has 2 heterocycles. The van der Waals surface area contributed by atoms with E-state index in [0.717, 1.165) is 15.2 Å². The van der Waals surface area contributed by atoms with Crippen molar-refractivity contribution in [2.75, 3.05) is 31.5 Å². The fraction of sp³-hybridized carbons (Fsp3) is 0.286. The van der Waals surface area contributed by atoms with Gasteiger partial charge in [0.05, 0.1) is 20.1 Å². The summed E-state index contributed by atoms with van der Waals surface area (Å²) in [5, 5.41) is 3.56. The first kappa shape index (κ1) is 21.4. The number of piperazine rings is 1. The zero-order chi connectivity index (χ0) is 22.2. The lowest BCUT2D eigenvalue weighted by Gasteiger charge is -2.34. The Bertz CT molecular complexity index is 1240. The zero-order valence-corrected chi connectivity index (χ0v) is 18.8. The zero-order valence-electron chi connectivity index (χ0n) is 17.2. The minimum atomic E-state index is -3.67. The van der Waals surface area contributed by atoms with E-state index in [1.54, 1.807) is 34.4 Å². The van der Waals surface area contributed by atoms with Crippen LogP contribution in [0.5, 0.6) is 0 Å². The van der Waals surface area contributed by atoms with Gasteiger partial charge in [-0.05, 0) is 49.4 Å². The Morgan fingerprint density at radius 2 is 1.71 bits per heavy atom. The molecule has 1 aliphatic heterocycles. The Morgan fingerprint density at radius 1 is 1.03 bits per heavy atom. The van der Waals surface area contributed by atoms with Crippen molar-refractivity contribution < 1.29 is 18.0 Å². The van der Waals surface area contributed by atoms with E-state index in [4.69, 9.17) is 0 Å². The highest BCUT2D eigenvalue weighted by molar-refractivity contribution is 7.89. The number of sulfonamides is 1. The number of nitrogens with one attached hydrogen (secondary N) is 1. The van der Waals surface area contributed by atoms with Gasteiger partial charge in [0.25, 0.3) is 5.91 Å². The number of amides is 2. The molecule has 1 fully saturated rings. The number of aromatic nitrogens is 1. The SMILES string of the molecule is CC(=O)Nc1ccc(S(=O)(=O)N2CCN(C(=O)c3ccc4nc(C)sc4c3)CC2)cc1. The summed E-state index contributed by atoms with van der Waals surface area (Å²) in [5.74, 6) is -0.328. The van der Waals surface area contributed by atoms with Crippen molar-refractivity contribution in [2.45, 2.75) is 18.7 Å². The van der Waals surface area contributed by atoms with Crippen LogP contribution in [-0.4, -0.2) is 60.6 Å². The average Bonchev–Trinajstić information content (AvgIpc) is 3.12. The number of nitrogens with zero attached hydrogens (tertiary/aromatic N) is 3. The van der Waals surface area contributed by atoms with E-state index in [9.17, 15) is 18.0 Å². The molecule has 1 N–H and O–H groups in total. The molecule has 162 valence electrons. The highest BCUT2D eigenvalue weighted by Gasteiger charge is 2.30.